The Kier molecular flexibility index (Phi) is 4.01. The van der Waals surface area contributed by atoms with Crippen molar-refractivity contribution in [3.8, 4) is 11.5 Å². The van der Waals surface area contributed by atoms with Crippen LogP contribution in [0.25, 0.3) is 0 Å². The predicted octanol–water partition coefficient (Wildman–Crippen LogP) is 3.82. The molecule has 1 aliphatic carbocycles. The van der Waals surface area contributed by atoms with Crippen molar-refractivity contribution in [3.05, 3.63) is 23.3 Å². The van der Waals surface area contributed by atoms with Gasteiger partial charge in [-0.05, 0) is 30.4 Å². The quantitative estimate of drug-likeness (QED) is 0.864. The minimum absolute atomic E-state index is 0.140. The summed E-state index contributed by atoms with van der Waals surface area (Å²) in [7, 11) is 1.66. The third-order valence-corrected chi connectivity index (χ3v) is 4.41. The number of ether oxygens (including phenoxy) is 1. The molecule has 20 heavy (non-hydrogen) atoms. The first kappa shape index (κ1) is 15.2. The second-order valence-corrected chi connectivity index (χ2v) is 7.04. The van der Waals surface area contributed by atoms with Gasteiger partial charge in [0, 0.05) is 16.7 Å². The van der Waals surface area contributed by atoms with E-state index in [4.69, 9.17) is 10.5 Å². The number of methoxy groups -OCH3 is 1. The Labute approximate surface area is 122 Å². The number of hydrogen-bond donors (Lipinski definition) is 2. The minimum atomic E-state index is -0.420. The van der Waals surface area contributed by atoms with Gasteiger partial charge in [-0.25, -0.2) is 0 Å². The van der Waals surface area contributed by atoms with E-state index < -0.39 is 5.54 Å². The lowest BCUT2D eigenvalue weighted by atomic mass is 9.74. The molecule has 3 nitrogen and oxygen atoms in total. The van der Waals surface area contributed by atoms with Crippen LogP contribution in [0, 0.1) is 0 Å². The Morgan fingerprint density at radius 1 is 1.15 bits per heavy atom. The molecule has 1 saturated carbocycles. The summed E-state index contributed by atoms with van der Waals surface area (Å²) in [6.45, 7) is 6.28. The summed E-state index contributed by atoms with van der Waals surface area (Å²) in [4.78, 5) is 0. The fourth-order valence-corrected chi connectivity index (χ4v) is 3.13. The average molecular weight is 277 g/mol. The Hall–Kier alpha value is -1.22. The van der Waals surface area contributed by atoms with Crippen molar-refractivity contribution in [3.63, 3.8) is 0 Å². The van der Waals surface area contributed by atoms with Gasteiger partial charge < -0.3 is 15.6 Å². The Bertz CT molecular complexity index is 482. The molecule has 112 valence electrons. The SMILES string of the molecule is COc1cc(C(C)(C)C)c(O)c(C2(N)CCCCC2)c1. The molecule has 0 spiro atoms. The third kappa shape index (κ3) is 2.78. The summed E-state index contributed by atoms with van der Waals surface area (Å²) in [5.74, 6) is 1.13. The normalized spacial score (nSPS) is 18.9. The fourth-order valence-electron chi connectivity index (χ4n) is 3.13. The lowest BCUT2D eigenvalue weighted by Crippen LogP contribution is -2.39. The Balaban J connectivity index is 2.57. The molecule has 0 amide bonds. The standard InChI is InChI=1S/C17H27NO2/c1-16(2,3)13-10-12(20-4)11-14(15(13)19)17(18)8-6-5-7-9-17/h10-11,19H,5-9,18H2,1-4H3. The van der Waals surface area contributed by atoms with Gasteiger partial charge in [0.05, 0.1) is 7.11 Å². The molecule has 2 rings (SSSR count). The monoisotopic (exact) mass is 277 g/mol. The number of nitrogens with two attached hydrogens (primary N) is 1. The molecule has 0 atom stereocenters. The number of hydrogen-bond acceptors (Lipinski definition) is 3. The number of aromatic hydroxyl groups is 1. The van der Waals surface area contributed by atoms with Crippen LogP contribution in [0.2, 0.25) is 0 Å². The van der Waals surface area contributed by atoms with E-state index >= 15 is 0 Å². The van der Waals surface area contributed by atoms with Crippen LogP contribution in [0.1, 0.15) is 64.0 Å². The van der Waals surface area contributed by atoms with E-state index in [1.807, 2.05) is 12.1 Å². The van der Waals surface area contributed by atoms with Crippen molar-refractivity contribution in [2.24, 2.45) is 5.73 Å². The highest BCUT2D eigenvalue weighted by atomic mass is 16.5. The van der Waals surface area contributed by atoms with Gasteiger partial charge in [0.25, 0.3) is 0 Å². The van der Waals surface area contributed by atoms with Crippen molar-refractivity contribution >= 4 is 0 Å². The molecule has 0 saturated heterocycles. The van der Waals surface area contributed by atoms with Gasteiger partial charge in [-0.15, -0.1) is 0 Å². The second kappa shape index (κ2) is 5.28. The maximum Gasteiger partial charge on any atom is 0.124 e. The molecule has 1 aromatic rings. The van der Waals surface area contributed by atoms with Gasteiger partial charge in [0.15, 0.2) is 0 Å². The third-order valence-electron chi connectivity index (χ3n) is 4.41. The highest BCUT2D eigenvalue weighted by Crippen LogP contribution is 2.44. The van der Waals surface area contributed by atoms with Crippen LogP contribution in [-0.4, -0.2) is 12.2 Å². The first-order valence-electron chi connectivity index (χ1n) is 7.49. The van der Waals surface area contributed by atoms with Gasteiger partial charge >= 0.3 is 0 Å². The first-order valence-corrected chi connectivity index (χ1v) is 7.49. The van der Waals surface area contributed by atoms with E-state index in [2.05, 4.69) is 20.8 Å². The molecule has 3 N–H and O–H groups in total. The predicted molar refractivity (Wildman–Crippen MR) is 82.3 cm³/mol. The van der Waals surface area contributed by atoms with Gasteiger partial charge in [0.2, 0.25) is 0 Å². The molecule has 3 heteroatoms. The molecule has 0 radical (unpaired) electrons. The zero-order valence-corrected chi connectivity index (χ0v) is 13.1. The molecule has 1 aliphatic rings. The van der Waals surface area contributed by atoms with E-state index in [-0.39, 0.29) is 5.41 Å². The van der Waals surface area contributed by atoms with E-state index in [9.17, 15) is 5.11 Å². The molecule has 0 aromatic heterocycles. The van der Waals surface area contributed by atoms with Crippen LogP contribution in [0.3, 0.4) is 0 Å². The van der Waals surface area contributed by atoms with E-state index in [1.54, 1.807) is 7.11 Å². The van der Waals surface area contributed by atoms with Crippen LogP contribution >= 0.6 is 0 Å². The van der Waals surface area contributed by atoms with Crippen molar-refractivity contribution in [1.82, 2.24) is 0 Å². The van der Waals surface area contributed by atoms with E-state index in [1.165, 1.54) is 6.42 Å². The van der Waals surface area contributed by atoms with Crippen molar-refractivity contribution in [2.45, 2.75) is 63.8 Å². The first-order chi connectivity index (χ1) is 9.28. The smallest absolute Gasteiger partial charge is 0.124 e. The second-order valence-electron chi connectivity index (χ2n) is 7.04. The summed E-state index contributed by atoms with van der Waals surface area (Å²) in [6.07, 6.45) is 5.33. The summed E-state index contributed by atoms with van der Waals surface area (Å²) >= 11 is 0. The molecule has 1 aromatic carbocycles. The van der Waals surface area contributed by atoms with Crippen LogP contribution < -0.4 is 10.5 Å². The maximum atomic E-state index is 10.7. The average Bonchev–Trinajstić information content (AvgIpc) is 2.38. The highest BCUT2D eigenvalue weighted by molar-refractivity contribution is 5.52. The maximum absolute atomic E-state index is 10.7. The highest BCUT2D eigenvalue weighted by Gasteiger charge is 2.34. The topological polar surface area (TPSA) is 55.5 Å². The number of phenols is 1. The van der Waals surface area contributed by atoms with Gasteiger partial charge in [0.1, 0.15) is 11.5 Å². The molecule has 0 aliphatic heterocycles. The van der Waals surface area contributed by atoms with Crippen molar-refractivity contribution in [1.29, 1.82) is 0 Å². The largest absolute Gasteiger partial charge is 0.507 e. The molecular weight excluding hydrogens is 250 g/mol. The molecule has 0 heterocycles. The van der Waals surface area contributed by atoms with Crippen molar-refractivity contribution < 1.29 is 9.84 Å². The number of benzene rings is 1. The summed E-state index contributed by atoms with van der Waals surface area (Å²) < 4.78 is 5.41. The van der Waals surface area contributed by atoms with Crippen molar-refractivity contribution in [2.75, 3.05) is 7.11 Å². The van der Waals surface area contributed by atoms with Gasteiger partial charge in [-0.1, -0.05) is 40.0 Å². The van der Waals surface area contributed by atoms with Crippen LogP contribution in [-0.2, 0) is 11.0 Å². The Morgan fingerprint density at radius 2 is 1.75 bits per heavy atom. The molecule has 0 bridgehead atoms. The fraction of sp³-hybridized carbons (Fsp3) is 0.647. The van der Waals surface area contributed by atoms with E-state index in [0.717, 1.165) is 42.6 Å². The van der Waals surface area contributed by atoms with Gasteiger partial charge in [-0.2, -0.15) is 0 Å². The Morgan fingerprint density at radius 3 is 2.25 bits per heavy atom. The van der Waals surface area contributed by atoms with Crippen LogP contribution in [0.4, 0.5) is 0 Å². The molecule has 0 unspecified atom stereocenters. The zero-order chi connectivity index (χ0) is 15.0. The molecular formula is C17H27NO2. The number of rotatable bonds is 2. The summed E-state index contributed by atoms with van der Waals surface area (Å²) in [5.41, 5.74) is 7.79. The lowest BCUT2D eigenvalue weighted by Gasteiger charge is -2.36. The molecule has 1 fully saturated rings. The lowest BCUT2D eigenvalue weighted by molar-refractivity contribution is 0.288. The summed E-state index contributed by atoms with van der Waals surface area (Å²) in [5, 5.41) is 10.7. The van der Waals surface area contributed by atoms with Crippen LogP contribution in [0.5, 0.6) is 11.5 Å². The summed E-state index contributed by atoms with van der Waals surface area (Å²) in [6, 6.07) is 3.83. The number of phenolic OH excluding ortho intramolecular Hbond substituents is 1. The van der Waals surface area contributed by atoms with Gasteiger partial charge in [-0.3, -0.25) is 0 Å². The zero-order valence-electron chi connectivity index (χ0n) is 13.1. The minimum Gasteiger partial charge on any atom is -0.507 e. The van der Waals surface area contributed by atoms with Crippen LogP contribution in [0.15, 0.2) is 12.1 Å². The van der Waals surface area contributed by atoms with E-state index in [0.29, 0.717) is 5.75 Å².